The van der Waals surface area contributed by atoms with Crippen LogP contribution >= 0.6 is 0 Å². The number of para-hydroxylation sites is 1. The predicted octanol–water partition coefficient (Wildman–Crippen LogP) is 2.37. The monoisotopic (exact) mass is 384 g/mol. The van der Waals surface area contributed by atoms with E-state index in [0.29, 0.717) is 35.2 Å². The summed E-state index contributed by atoms with van der Waals surface area (Å²) in [6.45, 7) is 6.59. The van der Waals surface area contributed by atoms with Gasteiger partial charge in [0.05, 0.1) is 30.4 Å². The molecular formula is C19H28N8O. The van der Waals surface area contributed by atoms with Crippen LogP contribution < -0.4 is 22.1 Å². The maximum atomic E-state index is 9.50. The van der Waals surface area contributed by atoms with Gasteiger partial charge in [-0.05, 0) is 31.9 Å². The summed E-state index contributed by atoms with van der Waals surface area (Å²) in [6.07, 6.45) is 2.51. The zero-order chi connectivity index (χ0) is 20.3. The van der Waals surface area contributed by atoms with E-state index >= 15 is 0 Å². The highest BCUT2D eigenvalue weighted by atomic mass is 16.3. The number of hydrogen-bond donors (Lipinski definition) is 5. The first kappa shape index (κ1) is 19.7. The Morgan fingerprint density at radius 1 is 1.21 bits per heavy atom. The van der Waals surface area contributed by atoms with Crippen molar-refractivity contribution < 1.29 is 5.11 Å². The third-order valence-electron chi connectivity index (χ3n) is 4.70. The Morgan fingerprint density at radius 3 is 2.68 bits per heavy atom. The maximum absolute atomic E-state index is 9.50. The number of benzene rings is 1. The molecule has 1 atom stereocenters. The molecule has 0 fully saturated rings. The molecule has 1 unspecified atom stereocenters. The van der Waals surface area contributed by atoms with E-state index in [0.717, 1.165) is 17.6 Å². The van der Waals surface area contributed by atoms with Crippen molar-refractivity contribution in [3.05, 3.63) is 30.1 Å². The molecule has 2 aromatic heterocycles. The Kier molecular flexibility index (Phi) is 5.84. The van der Waals surface area contributed by atoms with Crippen LogP contribution in [0.15, 0.2) is 24.5 Å². The van der Waals surface area contributed by atoms with Crippen molar-refractivity contribution in [3.8, 4) is 0 Å². The third kappa shape index (κ3) is 3.94. The number of nitrogen functional groups attached to an aromatic ring is 2. The molecule has 0 radical (unpaired) electrons. The molecule has 9 heteroatoms. The number of imidazole rings is 1. The molecule has 0 aliphatic carbocycles. The van der Waals surface area contributed by atoms with Gasteiger partial charge in [-0.3, -0.25) is 0 Å². The van der Waals surface area contributed by atoms with Crippen molar-refractivity contribution in [2.45, 2.75) is 45.8 Å². The Morgan fingerprint density at radius 2 is 2.00 bits per heavy atom. The molecule has 0 bridgehead atoms. The second-order valence-corrected chi connectivity index (χ2v) is 7.02. The van der Waals surface area contributed by atoms with Gasteiger partial charge in [-0.15, -0.1) is 0 Å². The molecule has 1 aromatic carbocycles. The fourth-order valence-corrected chi connectivity index (χ4v) is 2.91. The van der Waals surface area contributed by atoms with Crippen molar-refractivity contribution in [1.29, 1.82) is 0 Å². The zero-order valence-corrected chi connectivity index (χ0v) is 16.5. The predicted molar refractivity (Wildman–Crippen MR) is 113 cm³/mol. The quantitative estimate of drug-likeness (QED) is 0.373. The van der Waals surface area contributed by atoms with E-state index in [9.17, 15) is 5.11 Å². The minimum atomic E-state index is -0.120. The smallest absolute Gasteiger partial charge is 0.227 e. The number of rotatable bonds is 8. The Balaban J connectivity index is 1.98. The molecule has 9 nitrogen and oxygen atoms in total. The maximum Gasteiger partial charge on any atom is 0.227 e. The number of aliphatic hydroxyl groups is 1. The SMILES string of the molecule is CCC(CO)Nc1nc(NCc2cccc(N)c2N)c2ncn(C(C)C)c2n1. The molecule has 2 heterocycles. The van der Waals surface area contributed by atoms with E-state index in [4.69, 9.17) is 11.5 Å². The van der Waals surface area contributed by atoms with Gasteiger partial charge in [-0.1, -0.05) is 19.1 Å². The summed E-state index contributed by atoms with van der Waals surface area (Å²) in [5.41, 5.74) is 15.4. The summed E-state index contributed by atoms with van der Waals surface area (Å²) in [6, 6.07) is 5.64. The highest BCUT2D eigenvalue weighted by Gasteiger charge is 2.16. The molecule has 0 saturated carbocycles. The molecular weight excluding hydrogens is 356 g/mol. The number of nitrogens with zero attached hydrogens (tertiary/aromatic N) is 4. The second-order valence-electron chi connectivity index (χ2n) is 7.02. The van der Waals surface area contributed by atoms with Crippen LogP contribution in [0.3, 0.4) is 0 Å². The fourth-order valence-electron chi connectivity index (χ4n) is 2.91. The summed E-state index contributed by atoms with van der Waals surface area (Å²) in [5.74, 6) is 1.04. The van der Waals surface area contributed by atoms with Crippen LogP contribution in [0.1, 0.15) is 38.8 Å². The van der Waals surface area contributed by atoms with Gasteiger partial charge in [0.1, 0.15) is 0 Å². The van der Waals surface area contributed by atoms with Gasteiger partial charge >= 0.3 is 0 Å². The molecule has 0 saturated heterocycles. The first-order valence-corrected chi connectivity index (χ1v) is 9.43. The number of nitrogens with one attached hydrogen (secondary N) is 2. The van der Waals surface area contributed by atoms with Crippen LogP contribution in [-0.2, 0) is 6.54 Å². The topological polar surface area (TPSA) is 140 Å². The average Bonchev–Trinajstić information content (AvgIpc) is 3.11. The first-order valence-electron chi connectivity index (χ1n) is 9.43. The molecule has 0 aliphatic heterocycles. The van der Waals surface area contributed by atoms with Crippen LogP contribution in [0, 0.1) is 0 Å². The van der Waals surface area contributed by atoms with Crippen molar-refractivity contribution in [2.75, 3.05) is 28.7 Å². The number of nitrogens with two attached hydrogens (primary N) is 2. The first-order chi connectivity index (χ1) is 13.4. The standard InChI is InChI=1S/C19H28N8O/c1-4-13(9-28)24-19-25-17(16-18(26-19)27(10-23-16)11(2)3)22-8-12-6-5-7-14(20)15(12)21/h5-7,10-11,13,28H,4,8-9,20-21H2,1-3H3,(H2,22,24,25,26). The lowest BCUT2D eigenvalue weighted by Gasteiger charge is -2.16. The van der Waals surface area contributed by atoms with Gasteiger partial charge in [-0.2, -0.15) is 9.97 Å². The lowest BCUT2D eigenvalue weighted by atomic mass is 10.1. The summed E-state index contributed by atoms with van der Waals surface area (Å²) in [5, 5.41) is 16.0. The van der Waals surface area contributed by atoms with Crippen LogP contribution in [0.5, 0.6) is 0 Å². The molecule has 3 rings (SSSR count). The lowest BCUT2D eigenvalue weighted by Crippen LogP contribution is -2.24. The van der Waals surface area contributed by atoms with Crippen molar-refractivity contribution in [1.82, 2.24) is 19.5 Å². The van der Waals surface area contributed by atoms with Gasteiger partial charge in [-0.25, -0.2) is 4.98 Å². The van der Waals surface area contributed by atoms with E-state index in [1.807, 2.05) is 23.6 Å². The molecule has 3 aromatic rings. The van der Waals surface area contributed by atoms with Crippen LogP contribution in [0.4, 0.5) is 23.1 Å². The van der Waals surface area contributed by atoms with Crippen LogP contribution in [0.25, 0.3) is 11.2 Å². The van der Waals surface area contributed by atoms with Gasteiger partial charge in [0.15, 0.2) is 17.0 Å². The van der Waals surface area contributed by atoms with E-state index < -0.39 is 0 Å². The minimum absolute atomic E-state index is 0.00390. The summed E-state index contributed by atoms with van der Waals surface area (Å²) in [7, 11) is 0. The third-order valence-corrected chi connectivity index (χ3v) is 4.70. The molecule has 0 aliphatic rings. The van der Waals surface area contributed by atoms with Crippen molar-refractivity contribution >= 4 is 34.3 Å². The van der Waals surface area contributed by atoms with Gasteiger partial charge < -0.3 is 31.8 Å². The zero-order valence-electron chi connectivity index (χ0n) is 16.5. The average molecular weight is 384 g/mol. The molecule has 150 valence electrons. The van der Waals surface area contributed by atoms with Crippen molar-refractivity contribution in [2.24, 2.45) is 0 Å². The van der Waals surface area contributed by atoms with Crippen LogP contribution in [0.2, 0.25) is 0 Å². The summed E-state index contributed by atoms with van der Waals surface area (Å²) >= 11 is 0. The molecule has 0 amide bonds. The Labute approximate surface area is 164 Å². The molecule has 0 spiro atoms. The summed E-state index contributed by atoms with van der Waals surface area (Å²) in [4.78, 5) is 13.7. The largest absolute Gasteiger partial charge is 0.397 e. The highest BCUT2D eigenvalue weighted by molar-refractivity contribution is 5.84. The van der Waals surface area contributed by atoms with E-state index in [1.165, 1.54) is 0 Å². The Hall–Kier alpha value is -3.07. The normalized spacial score (nSPS) is 12.5. The minimum Gasteiger partial charge on any atom is -0.397 e. The van der Waals surface area contributed by atoms with Crippen LogP contribution in [-0.4, -0.2) is 37.3 Å². The van der Waals surface area contributed by atoms with E-state index in [1.54, 1.807) is 12.4 Å². The van der Waals surface area contributed by atoms with Gasteiger partial charge in [0.25, 0.3) is 0 Å². The Bertz CT molecular complexity index is 949. The number of hydrogen-bond acceptors (Lipinski definition) is 8. The number of aromatic nitrogens is 4. The number of anilines is 4. The molecule has 28 heavy (non-hydrogen) atoms. The number of aliphatic hydroxyl groups excluding tert-OH is 1. The molecule has 7 N–H and O–H groups in total. The highest BCUT2D eigenvalue weighted by Crippen LogP contribution is 2.26. The van der Waals surface area contributed by atoms with E-state index in [2.05, 4.69) is 39.4 Å². The van der Waals surface area contributed by atoms with E-state index in [-0.39, 0.29) is 18.7 Å². The lowest BCUT2D eigenvalue weighted by molar-refractivity contribution is 0.271. The fraction of sp³-hybridized carbons (Fsp3) is 0.421. The van der Waals surface area contributed by atoms with Gasteiger partial charge in [0.2, 0.25) is 5.95 Å². The second kappa shape index (κ2) is 8.30. The van der Waals surface area contributed by atoms with Gasteiger partial charge in [0, 0.05) is 12.6 Å². The number of fused-ring (bicyclic) bond motifs is 1. The van der Waals surface area contributed by atoms with Crippen molar-refractivity contribution in [3.63, 3.8) is 0 Å². The summed E-state index contributed by atoms with van der Waals surface area (Å²) < 4.78 is 1.99.